The summed E-state index contributed by atoms with van der Waals surface area (Å²) in [6, 6.07) is 6.91. The Labute approximate surface area is 106 Å². The van der Waals surface area contributed by atoms with Crippen LogP contribution in [0.4, 0.5) is 5.69 Å². The molecule has 0 spiro atoms. The van der Waals surface area contributed by atoms with E-state index in [1.54, 1.807) is 0 Å². The number of nitrogens with one attached hydrogen (secondary N) is 1. The van der Waals surface area contributed by atoms with Gasteiger partial charge in [0.1, 0.15) is 0 Å². The summed E-state index contributed by atoms with van der Waals surface area (Å²) in [7, 11) is 0. The van der Waals surface area contributed by atoms with Crippen LogP contribution in [0, 0.1) is 5.92 Å². The van der Waals surface area contributed by atoms with Crippen LogP contribution in [0.2, 0.25) is 0 Å². The number of rotatable bonds is 6. The Balaban J connectivity index is 3.01. The summed E-state index contributed by atoms with van der Waals surface area (Å²) in [4.78, 5) is 0. The maximum absolute atomic E-state index is 5.84. The molecule has 96 valence electrons. The molecular formula is C15H26N2. The van der Waals surface area contributed by atoms with Crippen LogP contribution in [0.15, 0.2) is 18.2 Å². The van der Waals surface area contributed by atoms with Gasteiger partial charge in [0, 0.05) is 18.3 Å². The number of benzene rings is 1. The number of hydrogen-bond acceptors (Lipinski definition) is 2. The van der Waals surface area contributed by atoms with Crippen molar-refractivity contribution in [1.82, 2.24) is 0 Å². The number of anilines is 1. The standard InChI is InChI=1S/C15H26N2/c1-5-12-8-7-9-13(6-2)15(12)17-14(10-16)11(3)4/h7-9,11,14,17H,5-6,10,16H2,1-4H3. The van der Waals surface area contributed by atoms with E-state index in [1.807, 2.05) is 0 Å². The fraction of sp³-hybridized carbons (Fsp3) is 0.600. The van der Waals surface area contributed by atoms with Gasteiger partial charge >= 0.3 is 0 Å². The molecule has 0 aliphatic carbocycles. The third kappa shape index (κ3) is 3.47. The summed E-state index contributed by atoms with van der Waals surface area (Å²) in [6.07, 6.45) is 2.12. The highest BCUT2D eigenvalue weighted by molar-refractivity contribution is 5.58. The van der Waals surface area contributed by atoms with Crippen molar-refractivity contribution in [3.8, 4) is 0 Å². The molecule has 1 unspecified atom stereocenters. The Hall–Kier alpha value is -1.02. The van der Waals surface area contributed by atoms with Crippen molar-refractivity contribution in [2.75, 3.05) is 11.9 Å². The second-order valence-electron chi connectivity index (χ2n) is 4.89. The predicted octanol–water partition coefficient (Wildman–Crippen LogP) is 3.21. The molecule has 1 atom stereocenters. The largest absolute Gasteiger partial charge is 0.380 e. The molecule has 0 heterocycles. The molecule has 17 heavy (non-hydrogen) atoms. The van der Waals surface area contributed by atoms with Gasteiger partial charge in [-0.15, -0.1) is 0 Å². The van der Waals surface area contributed by atoms with Crippen LogP contribution in [0.5, 0.6) is 0 Å². The number of aryl methyl sites for hydroxylation is 2. The number of hydrogen-bond donors (Lipinski definition) is 2. The minimum atomic E-state index is 0.355. The monoisotopic (exact) mass is 234 g/mol. The zero-order valence-corrected chi connectivity index (χ0v) is 11.6. The van der Waals surface area contributed by atoms with Gasteiger partial charge in [0.15, 0.2) is 0 Å². The van der Waals surface area contributed by atoms with Crippen LogP contribution in [0.3, 0.4) is 0 Å². The first-order chi connectivity index (χ1) is 8.13. The molecule has 0 aliphatic heterocycles. The summed E-state index contributed by atoms with van der Waals surface area (Å²) in [6.45, 7) is 9.51. The normalized spacial score (nSPS) is 12.8. The molecule has 0 fully saturated rings. The van der Waals surface area contributed by atoms with Gasteiger partial charge in [-0.2, -0.15) is 0 Å². The number of nitrogens with two attached hydrogens (primary N) is 1. The van der Waals surface area contributed by atoms with Gasteiger partial charge < -0.3 is 11.1 Å². The van der Waals surface area contributed by atoms with Crippen molar-refractivity contribution >= 4 is 5.69 Å². The van der Waals surface area contributed by atoms with Gasteiger partial charge in [-0.25, -0.2) is 0 Å². The molecule has 0 bridgehead atoms. The molecular weight excluding hydrogens is 208 g/mol. The van der Waals surface area contributed by atoms with Crippen LogP contribution in [0.25, 0.3) is 0 Å². The molecule has 0 aromatic heterocycles. The van der Waals surface area contributed by atoms with Crippen molar-refractivity contribution in [3.63, 3.8) is 0 Å². The van der Waals surface area contributed by atoms with E-state index >= 15 is 0 Å². The van der Waals surface area contributed by atoms with E-state index < -0.39 is 0 Å². The fourth-order valence-electron chi connectivity index (χ4n) is 2.11. The Bertz CT molecular complexity index is 323. The predicted molar refractivity (Wildman–Crippen MR) is 76.5 cm³/mol. The Morgan fingerprint density at radius 1 is 1.12 bits per heavy atom. The molecule has 3 N–H and O–H groups in total. The molecule has 0 amide bonds. The Morgan fingerprint density at radius 3 is 2.00 bits per heavy atom. The minimum absolute atomic E-state index is 0.355. The average Bonchev–Trinajstić information content (AvgIpc) is 2.35. The number of para-hydroxylation sites is 1. The summed E-state index contributed by atoms with van der Waals surface area (Å²) in [5, 5.41) is 3.64. The highest BCUT2D eigenvalue weighted by Gasteiger charge is 2.14. The molecule has 1 rings (SSSR count). The maximum atomic E-state index is 5.84. The van der Waals surface area contributed by atoms with Gasteiger partial charge in [-0.1, -0.05) is 45.9 Å². The molecule has 0 radical (unpaired) electrons. The second kappa shape index (κ2) is 6.65. The fourth-order valence-corrected chi connectivity index (χ4v) is 2.11. The van der Waals surface area contributed by atoms with E-state index in [0.29, 0.717) is 18.5 Å². The lowest BCUT2D eigenvalue weighted by atomic mass is 9.99. The highest BCUT2D eigenvalue weighted by Crippen LogP contribution is 2.24. The first-order valence-electron chi connectivity index (χ1n) is 6.71. The van der Waals surface area contributed by atoms with Crippen molar-refractivity contribution in [2.24, 2.45) is 11.7 Å². The first-order valence-corrected chi connectivity index (χ1v) is 6.71. The van der Waals surface area contributed by atoms with Gasteiger partial charge in [0.2, 0.25) is 0 Å². The van der Waals surface area contributed by atoms with Crippen LogP contribution >= 0.6 is 0 Å². The third-order valence-electron chi connectivity index (χ3n) is 3.39. The van der Waals surface area contributed by atoms with Gasteiger partial charge in [-0.05, 0) is 29.9 Å². The quantitative estimate of drug-likeness (QED) is 0.793. The van der Waals surface area contributed by atoms with Gasteiger partial charge in [-0.3, -0.25) is 0 Å². The maximum Gasteiger partial charge on any atom is 0.0407 e. The lowest BCUT2D eigenvalue weighted by molar-refractivity contribution is 0.530. The summed E-state index contributed by atoms with van der Waals surface area (Å²) in [5.41, 5.74) is 9.93. The summed E-state index contributed by atoms with van der Waals surface area (Å²) < 4.78 is 0. The van der Waals surface area contributed by atoms with E-state index in [9.17, 15) is 0 Å². The topological polar surface area (TPSA) is 38.0 Å². The lowest BCUT2D eigenvalue weighted by Crippen LogP contribution is -2.34. The van der Waals surface area contributed by atoms with Crippen LogP contribution < -0.4 is 11.1 Å². The zero-order valence-electron chi connectivity index (χ0n) is 11.6. The highest BCUT2D eigenvalue weighted by atomic mass is 14.9. The Kier molecular flexibility index (Phi) is 5.49. The summed E-state index contributed by atoms with van der Waals surface area (Å²) in [5.74, 6) is 0.551. The zero-order chi connectivity index (χ0) is 12.8. The van der Waals surface area contributed by atoms with Crippen molar-refractivity contribution in [1.29, 1.82) is 0 Å². The van der Waals surface area contributed by atoms with Crippen LogP contribution in [0.1, 0.15) is 38.8 Å². The van der Waals surface area contributed by atoms with Crippen molar-refractivity contribution in [2.45, 2.75) is 46.6 Å². The van der Waals surface area contributed by atoms with Gasteiger partial charge in [0.05, 0.1) is 0 Å². The van der Waals surface area contributed by atoms with Gasteiger partial charge in [0.25, 0.3) is 0 Å². The molecule has 0 saturated carbocycles. The molecule has 2 nitrogen and oxygen atoms in total. The van der Waals surface area contributed by atoms with Crippen LogP contribution in [-0.2, 0) is 12.8 Å². The molecule has 2 heteroatoms. The molecule has 1 aromatic carbocycles. The average molecular weight is 234 g/mol. The smallest absolute Gasteiger partial charge is 0.0407 e. The van der Waals surface area contributed by atoms with E-state index in [4.69, 9.17) is 5.73 Å². The molecule has 1 aromatic rings. The summed E-state index contributed by atoms with van der Waals surface area (Å²) >= 11 is 0. The van der Waals surface area contributed by atoms with E-state index in [2.05, 4.69) is 51.2 Å². The SMILES string of the molecule is CCc1cccc(CC)c1NC(CN)C(C)C. The van der Waals surface area contributed by atoms with E-state index in [0.717, 1.165) is 12.8 Å². The second-order valence-corrected chi connectivity index (χ2v) is 4.89. The first kappa shape index (κ1) is 14.0. The third-order valence-corrected chi connectivity index (χ3v) is 3.39. The van der Waals surface area contributed by atoms with E-state index in [-0.39, 0.29) is 0 Å². The molecule has 0 saturated heterocycles. The van der Waals surface area contributed by atoms with Crippen molar-refractivity contribution in [3.05, 3.63) is 29.3 Å². The lowest BCUT2D eigenvalue weighted by Gasteiger charge is -2.25. The minimum Gasteiger partial charge on any atom is -0.380 e. The molecule has 0 aliphatic rings. The Morgan fingerprint density at radius 2 is 1.65 bits per heavy atom. The van der Waals surface area contributed by atoms with E-state index in [1.165, 1.54) is 16.8 Å². The van der Waals surface area contributed by atoms with Crippen LogP contribution in [-0.4, -0.2) is 12.6 Å². The van der Waals surface area contributed by atoms with Crippen molar-refractivity contribution < 1.29 is 0 Å².